The molecule has 1 aliphatic heterocycles. The predicted octanol–water partition coefficient (Wildman–Crippen LogP) is 3.26. The van der Waals surface area contributed by atoms with Crippen molar-refractivity contribution in [2.75, 3.05) is 26.2 Å². The van der Waals surface area contributed by atoms with Crippen molar-refractivity contribution in [3.05, 3.63) is 46.7 Å². The van der Waals surface area contributed by atoms with Gasteiger partial charge in [0, 0.05) is 11.4 Å². The second kappa shape index (κ2) is 8.31. The lowest BCUT2D eigenvalue weighted by atomic mass is 10.2. The Bertz CT molecular complexity index is 752. The molecule has 25 heavy (non-hydrogen) atoms. The van der Waals surface area contributed by atoms with Crippen LogP contribution in [0.15, 0.2) is 46.7 Å². The third-order valence-corrected chi connectivity index (χ3v) is 6.78. The van der Waals surface area contributed by atoms with E-state index in [2.05, 4.69) is 15.7 Å². The van der Waals surface area contributed by atoms with Gasteiger partial charge < -0.3 is 4.74 Å². The normalized spacial score (nSPS) is 16.8. The number of nitrogens with one attached hydrogen (secondary N) is 1. The highest BCUT2D eigenvalue weighted by atomic mass is 32.2. The molecule has 0 spiro atoms. The summed E-state index contributed by atoms with van der Waals surface area (Å²) < 4.78 is 33.4. The molecule has 1 aliphatic rings. The minimum absolute atomic E-state index is 0.0972. The fourth-order valence-corrected chi connectivity index (χ4v) is 5.00. The van der Waals surface area contributed by atoms with Crippen molar-refractivity contribution >= 4 is 21.4 Å². The van der Waals surface area contributed by atoms with E-state index in [0.717, 1.165) is 13.1 Å². The summed E-state index contributed by atoms with van der Waals surface area (Å²) in [7, 11) is -3.54. The smallest absolute Gasteiger partial charge is 0.240 e. The van der Waals surface area contributed by atoms with Crippen LogP contribution in [-0.2, 0) is 10.0 Å². The number of thiophene rings is 1. The highest BCUT2D eigenvalue weighted by Gasteiger charge is 2.26. The summed E-state index contributed by atoms with van der Waals surface area (Å²) >= 11 is 1.68. The van der Waals surface area contributed by atoms with Gasteiger partial charge >= 0.3 is 0 Å². The Hall–Kier alpha value is -1.41. The van der Waals surface area contributed by atoms with Gasteiger partial charge in [-0.05, 0) is 68.6 Å². The fraction of sp³-hybridized carbons (Fsp3) is 0.444. The van der Waals surface area contributed by atoms with E-state index in [1.165, 1.54) is 17.7 Å². The highest BCUT2D eigenvalue weighted by molar-refractivity contribution is 7.89. The molecule has 3 rings (SSSR count). The van der Waals surface area contributed by atoms with Crippen LogP contribution in [0.3, 0.4) is 0 Å². The first-order valence-corrected chi connectivity index (χ1v) is 11.0. The topological polar surface area (TPSA) is 58.6 Å². The summed E-state index contributed by atoms with van der Waals surface area (Å²) in [6.07, 6.45) is 2.35. The lowest BCUT2D eigenvalue weighted by Gasteiger charge is -2.26. The summed E-state index contributed by atoms with van der Waals surface area (Å²) in [5.41, 5.74) is 0. The molecule has 7 heteroatoms. The first-order chi connectivity index (χ1) is 12.1. The largest absolute Gasteiger partial charge is 0.494 e. The molecule has 136 valence electrons. The van der Waals surface area contributed by atoms with Crippen molar-refractivity contribution in [2.45, 2.75) is 30.7 Å². The molecule has 1 aromatic carbocycles. The van der Waals surface area contributed by atoms with Gasteiger partial charge in [0.1, 0.15) is 5.75 Å². The number of rotatable bonds is 8. The molecule has 0 aliphatic carbocycles. The lowest BCUT2D eigenvalue weighted by molar-refractivity contribution is 0.250. The van der Waals surface area contributed by atoms with Crippen LogP contribution in [0.2, 0.25) is 0 Å². The maximum Gasteiger partial charge on any atom is 0.240 e. The van der Waals surface area contributed by atoms with E-state index >= 15 is 0 Å². The van der Waals surface area contributed by atoms with Gasteiger partial charge in [0.05, 0.1) is 17.5 Å². The molecule has 0 saturated carbocycles. The fourth-order valence-electron chi connectivity index (χ4n) is 3.10. The molecule has 2 aromatic rings. The number of hydrogen-bond donors (Lipinski definition) is 1. The molecule has 1 N–H and O–H groups in total. The average molecular weight is 381 g/mol. The van der Waals surface area contributed by atoms with Crippen LogP contribution in [-0.4, -0.2) is 39.6 Å². The molecular weight excluding hydrogens is 356 g/mol. The zero-order chi connectivity index (χ0) is 17.7. The Morgan fingerprint density at radius 1 is 1.20 bits per heavy atom. The lowest BCUT2D eigenvalue weighted by Crippen LogP contribution is -2.36. The molecule has 0 bridgehead atoms. The number of sulfonamides is 1. The van der Waals surface area contributed by atoms with E-state index in [9.17, 15) is 8.42 Å². The number of benzene rings is 1. The highest BCUT2D eigenvalue weighted by Crippen LogP contribution is 2.28. The van der Waals surface area contributed by atoms with Gasteiger partial charge in [0.2, 0.25) is 10.0 Å². The van der Waals surface area contributed by atoms with Crippen LogP contribution in [0, 0.1) is 0 Å². The van der Waals surface area contributed by atoms with Gasteiger partial charge in [0.25, 0.3) is 0 Å². The summed E-state index contributed by atoms with van der Waals surface area (Å²) in [5.74, 6) is 0.676. The van der Waals surface area contributed by atoms with Crippen LogP contribution in [0.5, 0.6) is 5.75 Å². The second-order valence-corrected chi connectivity index (χ2v) is 8.78. The molecule has 0 amide bonds. The molecule has 5 nitrogen and oxygen atoms in total. The van der Waals surface area contributed by atoms with E-state index in [0.29, 0.717) is 18.9 Å². The van der Waals surface area contributed by atoms with E-state index in [-0.39, 0.29) is 10.9 Å². The van der Waals surface area contributed by atoms with Gasteiger partial charge in [-0.25, -0.2) is 13.1 Å². The molecule has 1 fully saturated rings. The van der Waals surface area contributed by atoms with Crippen LogP contribution < -0.4 is 9.46 Å². The Morgan fingerprint density at radius 3 is 2.52 bits per heavy atom. The Balaban J connectivity index is 1.70. The number of nitrogens with zero attached hydrogens (tertiary/aromatic N) is 1. The third kappa shape index (κ3) is 4.61. The van der Waals surface area contributed by atoms with Crippen molar-refractivity contribution < 1.29 is 13.2 Å². The number of ether oxygens (including phenoxy) is 1. The van der Waals surface area contributed by atoms with Gasteiger partial charge in [0.15, 0.2) is 0 Å². The van der Waals surface area contributed by atoms with E-state index in [4.69, 9.17) is 4.74 Å². The second-order valence-electron chi connectivity index (χ2n) is 6.03. The maximum atomic E-state index is 12.6. The van der Waals surface area contributed by atoms with E-state index in [1.807, 2.05) is 18.4 Å². The maximum absolute atomic E-state index is 12.6. The zero-order valence-corrected chi connectivity index (χ0v) is 16.0. The van der Waals surface area contributed by atoms with Crippen molar-refractivity contribution in [2.24, 2.45) is 0 Å². The van der Waals surface area contributed by atoms with Gasteiger partial charge in [-0.15, -0.1) is 11.3 Å². The molecule has 1 atom stereocenters. The average Bonchev–Trinajstić information content (AvgIpc) is 3.30. The molecular formula is C18H24N2O3S2. The van der Waals surface area contributed by atoms with Crippen LogP contribution in [0.25, 0.3) is 0 Å². The van der Waals surface area contributed by atoms with Crippen molar-refractivity contribution in [1.29, 1.82) is 0 Å². The Kier molecular flexibility index (Phi) is 6.11. The van der Waals surface area contributed by atoms with Crippen molar-refractivity contribution in [1.82, 2.24) is 9.62 Å². The SMILES string of the molecule is CCOc1ccc(S(=O)(=O)NC[C@@H](c2cccs2)N2CCCC2)cc1. The zero-order valence-electron chi connectivity index (χ0n) is 14.3. The molecule has 1 aromatic heterocycles. The van der Waals surface area contributed by atoms with Gasteiger partial charge in [-0.1, -0.05) is 6.07 Å². The minimum atomic E-state index is -3.54. The van der Waals surface area contributed by atoms with Crippen molar-refractivity contribution in [3.8, 4) is 5.75 Å². The van der Waals surface area contributed by atoms with Crippen LogP contribution in [0.1, 0.15) is 30.7 Å². The predicted molar refractivity (Wildman–Crippen MR) is 101 cm³/mol. The first kappa shape index (κ1) is 18.4. The molecule has 0 radical (unpaired) electrons. The third-order valence-electron chi connectivity index (χ3n) is 4.36. The van der Waals surface area contributed by atoms with Crippen LogP contribution >= 0.6 is 11.3 Å². The Morgan fingerprint density at radius 2 is 1.92 bits per heavy atom. The van der Waals surface area contributed by atoms with E-state index < -0.39 is 10.0 Å². The molecule has 0 unspecified atom stereocenters. The first-order valence-electron chi connectivity index (χ1n) is 8.60. The van der Waals surface area contributed by atoms with Gasteiger partial charge in [-0.2, -0.15) is 0 Å². The number of hydrogen-bond acceptors (Lipinski definition) is 5. The summed E-state index contributed by atoms with van der Waals surface area (Å²) in [5, 5.41) is 2.04. The quantitative estimate of drug-likeness (QED) is 0.764. The standard InChI is InChI=1S/C18H24N2O3S2/c1-2-23-15-7-9-16(10-8-15)25(21,22)19-14-17(18-6-5-13-24-18)20-11-3-4-12-20/h5-10,13,17,19H,2-4,11-12,14H2,1H3/t17-/m0/s1. The molecule has 2 heterocycles. The molecule has 1 saturated heterocycles. The van der Waals surface area contributed by atoms with Crippen molar-refractivity contribution in [3.63, 3.8) is 0 Å². The minimum Gasteiger partial charge on any atom is -0.494 e. The summed E-state index contributed by atoms with van der Waals surface area (Å²) in [4.78, 5) is 3.84. The monoisotopic (exact) mass is 380 g/mol. The Labute approximate surface area is 153 Å². The number of likely N-dealkylation sites (tertiary alicyclic amines) is 1. The van der Waals surface area contributed by atoms with Crippen LogP contribution in [0.4, 0.5) is 0 Å². The van der Waals surface area contributed by atoms with Gasteiger partial charge in [-0.3, -0.25) is 4.90 Å². The summed E-state index contributed by atoms with van der Waals surface area (Å²) in [6.45, 7) is 4.88. The van der Waals surface area contributed by atoms with E-state index in [1.54, 1.807) is 35.6 Å². The summed E-state index contributed by atoms with van der Waals surface area (Å²) in [6, 6.07) is 10.8.